The summed E-state index contributed by atoms with van der Waals surface area (Å²) in [6.07, 6.45) is 3.81. The first kappa shape index (κ1) is 32.8. The number of aliphatic imine (C=N–C) groups is 1. The van der Waals surface area contributed by atoms with E-state index >= 15 is 0 Å². The number of aliphatic carboxylic acids is 1. The number of carboxylic acids is 1. The molecule has 0 saturated heterocycles. The summed E-state index contributed by atoms with van der Waals surface area (Å²) in [5.41, 5.74) is 27.4. The van der Waals surface area contributed by atoms with Crippen LogP contribution in [0.1, 0.15) is 44.2 Å². The topological polar surface area (TPSA) is 313 Å². The summed E-state index contributed by atoms with van der Waals surface area (Å²) >= 11 is 0. The van der Waals surface area contributed by atoms with Crippen LogP contribution in [-0.4, -0.2) is 87.9 Å². The lowest BCUT2D eigenvalue weighted by Crippen LogP contribution is -2.57. The van der Waals surface area contributed by atoms with Gasteiger partial charge in [0.05, 0.1) is 18.8 Å². The van der Waals surface area contributed by atoms with Crippen LogP contribution in [0.2, 0.25) is 0 Å². The average Bonchev–Trinajstić information content (AvgIpc) is 3.37. The van der Waals surface area contributed by atoms with Gasteiger partial charge in [-0.25, -0.2) is 9.78 Å². The van der Waals surface area contributed by atoms with Crippen molar-refractivity contribution in [1.29, 1.82) is 0 Å². The van der Waals surface area contributed by atoms with Crippen LogP contribution >= 0.6 is 0 Å². The maximum Gasteiger partial charge on any atom is 0.326 e. The number of nitrogens with two attached hydrogens (primary N) is 5. The van der Waals surface area contributed by atoms with E-state index in [1.807, 2.05) is 0 Å². The van der Waals surface area contributed by atoms with Crippen molar-refractivity contribution in [2.24, 2.45) is 33.7 Å². The standard InChI is InChI=1S/C22H39N11O6/c23-6-2-1-4-14(20(37)33-16(21(38)39)8-12-10-28-11-30-12)32-19(36)15(5-3-7-29-22(26)27)31-18(35)13(24)9-17(25)34/h10-11,13-16H,1-9,23-24H2,(H2,25,34)(H,28,30)(H,31,35)(H,32,36)(H,33,37)(H,38,39)(H4,26,27,29). The Morgan fingerprint density at radius 1 is 0.923 bits per heavy atom. The number of rotatable bonds is 19. The van der Waals surface area contributed by atoms with Gasteiger partial charge in [0.15, 0.2) is 5.96 Å². The number of imidazole rings is 1. The van der Waals surface area contributed by atoms with Gasteiger partial charge in [-0.05, 0) is 38.6 Å². The third-order valence-electron chi connectivity index (χ3n) is 5.51. The zero-order valence-corrected chi connectivity index (χ0v) is 21.6. The highest BCUT2D eigenvalue weighted by atomic mass is 16.4. The maximum absolute atomic E-state index is 13.2. The summed E-state index contributed by atoms with van der Waals surface area (Å²) in [7, 11) is 0. The molecule has 1 heterocycles. The summed E-state index contributed by atoms with van der Waals surface area (Å²) in [5, 5.41) is 17.1. The molecule has 39 heavy (non-hydrogen) atoms. The number of hydrogen-bond donors (Lipinski definition) is 10. The Balaban J connectivity index is 3.03. The van der Waals surface area contributed by atoms with Gasteiger partial charge in [-0.3, -0.25) is 24.2 Å². The zero-order valence-electron chi connectivity index (χ0n) is 21.6. The molecule has 15 N–H and O–H groups in total. The van der Waals surface area contributed by atoms with Crippen molar-refractivity contribution >= 4 is 35.6 Å². The lowest BCUT2D eigenvalue weighted by molar-refractivity contribution is -0.142. The van der Waals surface area contributed by atoms with E-state index in [0.717, 1.165) is 0 Å². The summed E-state index contributed by atoms with van der Waals surface area (Å²) in [6.45, 7) is 0.505. The number of aromatic nitrogens is 2. The smallest absolute Gasteiger partial charge is 0.326 e. The Morgan fingerprint density at radius 3 is 2.03 bits per heavy atom. The molecule has 0 aliphatic rings. The number of carboxylic acid groups (broad SMARTS) is 1. The minimum absolute atomic E-state index is 0.0619. The van der Waals surface area contributed by atoms with Crippen molar-refractivity contribution in [2.45, 2.75) is 69.1 Å². The van der Waals surface area contributed by atoms with Gasteiger partial charge >= 0.3 is 5.97 Å². The Labute approximate surface area is 225 Å². The third-order valence-corrected chi connectivity index (χ3v) is 5.51. The molecule has 1 rings (SSSR count). The average molecular weight is 554 g/mol. The molecule has 1 aromatic rings. The van der Waals surface area contributed by atoms with E-state index < -0.39 is 60.2 Å². The van der Waals surface area contributed by atoms with Gasteiger partial charge in [0.1, 0.15) is 18.1 Å². The molecule has 0 fully saturated rings. The molecule has 218 valence electrons. The van der Waals surface area contributed by atoms with E-state index in [-0.39, 0.29) is 38.2 Å². The first-order chi connectivity index (χ1) is 18.4. The molecule has 17 nitrogen and oxygen atoms in total. The molecule has 4 atom stereocenters. The maximum atomic E-state index is 13.2. The van der Waals surface area contributed by atoms with E-state index in [1.165, 1.54) is 12.5 Å². The van der Waals surface area contributed by atoms with Crippen LogP contribution in [0.15, 0.2) is 17.5 Å². The predicted molar refractivity (Wildman–Crippen MR) is 140 cm³/mol. The van der Waals surface area contributed by atoms with E-state index in [2.05, 4.69) is 30.9 Å². The number of guanidine groups is 1. The fourth-order valence-corrected chi connectivity index (χ4v) is 3.48. The highest BCUT2D eigenvalue weighted by Crippen LogP contribution is 2.07. The fraction of sp³-hybridized carbons (Fsp3) is 0.591. The van der Waals surface area contributed by atoms with E-state index in [4.69, 9.17) is 28.7 Å². The summed E-state index contributed by atoms with van der Waals surface area (Å²) in [5.74, 6) is -4.49. The molecule has 0 aromatic carbocycles. The number of H-pyrrole nitrogens is 1. The molecule has 1 aromatic heterocycles. The van der Waals surface area contributed by atoms with Crippen molar-refractivity contribution in [3.05, 3.63) is 18.2 Å². The van der Waals surface area contributed by atoms with Crippen molar-refractivity contribution in [3.8, 4) is 0 Å². The van der Waals surface area contributed by atoms with Gasteiger partial charge in [0, 0.05) is 24.9 Å². The first-order valence-corrected chi connectivity index (χ1v) is 12.3. The van der Waals surface area contributed by atoms with Crippen molar-refractivity contribution in [3.63, 3.8) is 0 Å². The normalized spacial score (nSPS) is 13.8. The van der Waals surface area contributed by atoms with E-state index in [9.17, 15) is 29.1 Å². The lowest BCUT2D eigenvalue weighted by Gasteiger charge is -2.25. The first-order valence-electron chi connectivity index (χ1n) is 12.3. The molecule has 0 bridgehead atoms. The summed E-state index contributed by atoms with van der Waals surface area (Å²) in [6, 6.07) is -4.90. The van der Waals surface area contributed by atoms with Crippen LogP contribution in [0, 0.1) is 0 Å². The predicted octanol–water partition coefficient (Wildman–Crippen LogP) is -4.12. The van der Waals surface area contributed by atoms with Crippen LogP contribution in [0.5, 0.6) is 0 Å². The SMILES string of the molecule is NCCCCC(NC(=O)C(CCCN=C(N)N)NC(=O)C(N)CC(N)=O)C(=O)NC(Cc1cnc[nH]1)C(=O)O. The molecule has 0 spiro atoms. The second-order valence-corrected chi connectivity index (χ2v) is 8.81. The molecule has 17 heteroatoms. The number of aromatic amines is 1. The van der Waals surface area contributed by atoms with Crippen molar-refractivity contribution < 1.29 is 29.1 Å². The molecular formula is C22H39N11O6. The van der Waals surface area contributed by atoms with Crippen LogP contribution < -0.4 is 44.6 Å². The van der Waals surface area contributed by atoms with Crippen LogP contribution in [0.4, 0.5) is 0 Å². The molecule has 0 radical (unpaired) electrons. The van der Waals surface area contributed by atoms with Gasteiger partial charge < -0.3 is 54.7 Å². The van der Waals surface area contributed by atoms with Crippen LogP contribution in [0.3, 0.4) is 0 Å². The van der Waals surface area contributed by atoms with Crippen molar-refractivity contribution in [1.82, 2.24) is 25.9 Å². The number of carbonyl (C=O) groups is 5. The van der Waals surface area contributed by atoms with Gasteiger partial charge in [-0.15, -0.1) is 0 Å². The number of amides is 4. The van der Waals surface area contributed by atoms with Crippen molar-refractivity contribution in [2.75, 3.05) is 13.1 Å². The summed E-state index contributed by atoms with van der Waals surface area (Å²) < 4.78 is 0. The second-order valence-electron chi connectivity index (χ2n) is 8.81. The molecule has 0 saturated carbocycles. The number of carbonyl (C=O) groups excluding carboxylic acids is 4. The number of unbranched alkanes of at least 4 members (excludes halogenated alkanes) is 1. The molecular weight excluding hydrogens is 514 g/mol. The van der Waals surface area contributed by atoms with E-state index in [1.54, 1.807) is 0 Å². The quantitative estimate of drug-likeness (QED) is 0.0445. The Bertz CT molecular complexity index is 981. The van der Waals surface area contributed by atoms with Crippen LogP contribution in [-0.2, 0) is 30.4 Å². The van der Waals surface area contributed by atoms with Gasteiger partial charge in [-0.2, -0.15) is 0 Å². The highest BCUT2D eigenvalue weighted by Gasteiger charge is 2.30. The number of primary amides is 1. The lowest BCUT2D eigenvalue weighted by atomic mass is 10.0. The number of nitrogens with one attached hydrogen (secondary N) is 4. The van der Waals surface area contributed by atoms with E-state index in [0.29, 0.717) is 25.1 Å². The monoisotopic (exact) mass is 553 g/mol. The molecule has 4 unspecified atom stereocenters. The minimum atomic E-state index is -1.30. The van der Waals surface area contributed by atoms with Gasteiger partial charge in [-0.1, -0.05) is 0 Å². The third kappa shape index (κ3) is 13.2. The highest BCUT2D eigenvalue weighted by molar-refractivity contribution is 5.95. The Morgan fingerprint density at radius 2 is 1.51 bits per heavy atom. The Hall–Kier alpha value is -4.25. The van der Waals surface area contributed by atoms with Gasteiger partial charge in [0.25, 0.3) is 0 Å². The fourth-order valence-electron chi connectivity index (χ4n) is 3.48. The largest absolute Gasteiger partial charge is 0.480 e. The molecule has 4 amide bonds. The summed E-state index contributed by atoms with van der Waals surface area (Å²) in [4.78, 5) is 72.1. The Kier molecular flexibility index (Phi) is 14.5. The number of hydrogen-bond acceptors (Lipinski definition) is 9. The van der Waals surface area contributed by atoms with Crippen LogP contribution in [0.25, 0.3) is 0 Å². The minimum Gasteiger partial charge on any atom is -0.480 e. The number of nitrogens with zero attached hydrogens (tertiary/aromatic N) is 2. The zero-order chi connectivity index (χ0) is 29.4. The second kappa shape index (κ2) is 17.3. The molecule has 0 aliphatic carbocycles. The molecule has 0 aliphatic heterocycles. The van der Waals surface area contributed by atoms with Gasteiger partial charge in [0.2, 0.25) is 23.6 Å².